The highest BCUT2D eigenvalue weighted by Crippen LogP contribution is 2.24. The van der Waals surface area contributed by atoms with Crippen LogP contribution < -0.4 is 5.32 Å². The highest BCUT2D eigenvalue weighted by molar-refractivity contribution is 6.00. The van der Waals surface area contributed by atoms with Crippen molar-refractivity contribution in [2.24, 2.45) is 0 Å². The van der Waals surface area contributed by atoms with Gasteiger partial charge in [-0.2, -0.15) is 0 Å². The number of phenols is 3. The van der Waals surface area contributed by atoms with Gasteiger partial charge in [0.1, 0.15) is 17.2 Å². The van der Waals surface area contributed by atoms with Crippen molar-refractivity contribution in [2.45, 2.75) is 12.8 Å². The third-order valence-electron chi connectivity index (χ3n) is 3.20. The van der Waals surface area contributed by atoms with Gasteiger partial charge in [-0.15, -0.1) is 0 Å². The number of aromatic hydroxyl groups is 3. The number of aromatic carboxylic acids is 1. The maximum Gasteiger partial charge on any atom is 0.337 e. The number of aryl methyl sites for hydroxylation is 1. The Morgan fingerprint density at radius 3 is 2.26 bits per heavy atom. The Kier molecular flexibility index (Phi) is 4.70. The predicted molar refractivity (Wildman–Crippen MR) is 81.8 cm³/mol. The number of rotatable bonds is 5. The molecule has 0 aliphatic carbocycles. The quantitative estimate of drug-likeness (QED) is 0.537. The molecule has 0 bridgehead atoms. The number of phenolic OH excluding ortho intramolecular Hbond substituents is 3. The van der Waals surface area contributed by atoms with Crippen molar-refractivity contribution in [3.63, 3.8) is 0 Å². The summed E-state index contributed by atoms with van der Waals surface area (Å²) in [6.45, 7) is 0. The molecular weight excluding hydrogens is 302 g/mol. The summed E-state index contributed by atoms with van der Waals surface area (Å²) in [6, 6.07) is 7.69. The van der Waals surface area contributed by atoms with E-state index in [1.165, 1.54) is 30.3 Å². The molecule has 2 aromatic rings. The van der Waals surface area contributed by atoms with Crippen LogP contribution in [-0.4, -0.2) is 32.3 Å². The summed E-state index contributed by atoms with van der Waals surface area (Å²) < 4.78 is 0. The van der Waals surface area contributed by atoms with Crippen LogP contribution in [0.1, 0.15) is 22.3 Å². The maximum atomic E-state index is 11.9. The number of carbonyl (C=O) groups is 2. The number of hydrogen-bond acceptors (Lipinski definition) is 5. The second kappa shape index (κ2) is 6.69. The van der Waals surface area contributed by atoms with E-state index in [9.17, 15) is 24.9 Å². The molecule has 0 fully saturated rings. The first-order chi connectivity index (χ1) is 10.9. The Hall–Kier alpha value is -3.22. The minimum Gasteiger partial charge on any atom is -0.508 e. The lowest BCUT2D eigenvalue weighted by Gasteiger charge is -2.09. The molecule has 2 rings (SSSR count). The van der Waals surface area contributed by atoms with E-state index in [1.807, 2.05) is 0 Å². The van der Waals surface area contributed by atoms with Crippen LogP contribution in [0, 0.1) is 0 Å². The normalized spacial score (nSPS) is 10.3. The minimum atomic E-state index is -1.27. The largest absolute Gasteiger partial charge is 0.508 e. The van der Waals surface area contributed by atoms with Gasteiger partial charge in [-0.05, 0) is 36.2 Å². The molecule has 0 saturated carbocycles. The molecule has 0 atom stereocenters. The summed E-state index contributed by atoms with van der Waals surface area (Å²) in [7, 11) is 0. The lowest BCUT2D eigenvalue weighted by molar-refractivity contribution is -0.116. The van der Waals surface area contributed by atoms with Gasteiger partial charge in [-0.3, -0.25) is 4.79 Å². The summed E-state index contributed by atoms with van der Waals surface area (Å²) in [6.07, 6.45) is 0.233. The molecule has 0 unspecified atom stereocenters. The second-order valence-electron chi connectivity index (χ2n) is 4.90. The molecule has 0 aromatic heterocycles. The van der Waals surface area contributed by atoms with Gasteiger partial charge >= 0.3 is 5.97 Å². The standard InChI is InChI=1S/C16H15NO6/c18-10-4-5-13(12(7-10)16(22)23)17-15(21)6-2-9-1-3-11(19)8-14(9)20/h1,3-5,7-8,18-20H,2,6H2,(H,17,21)(H,22,23). The SMILES string of the molecule is O=C(CCc1ccc(O)cc1O)Nc1ccc(O)cc1C(=O)O. The van der Waals surface area contributed by atoms with Crippen molar-refractivity contribution >= 4 is 17.6 Å². The summed E-state index contributed by atoms with van der Waals surface area (Å²) in [5.41, 5.74) is 0.350. The summed E-state index contributed by atoms with van der Waals surface area (Å²) in [5.74, 6) is -2.12. The number of carboxylic acid groups (broad SMARTS) is 1. The Morgan fingerprint density at radius 2 is 1.61 bits per heavy atom. The molecule has 1 amide bonds. The van der Waals surface area contributed by atoms with Crippen LogP contribution in [0.5, 0.6) is 17.2 Å². The van der Waals surface area contributed by atoms with Crippen LogP contribution in [0.25, 0.3) is 0 Å². The molecule has 0 aliphatic heterocycles. The lowest BCUT2D eigenvalue weighted by Crippen LogP contribution is -2.15. The average molecular weight is 317 g/mol. The first-order valence-electron chi connectivity index (χ1n) is 6.74. The summed E-state index contributed by atoms with van der Waals surface area (Å²) in [5, 5.41) is 39.7. The molecule has 0 heterocycles. The second-order valence-corrected chi connectivity index (χ2v) is 4.90. The zero-order chi connectivity index (χ0) is 17.0. The molecule has 0 saturated heterocycles. The molecule has 23 heavy (non-hydrogen) atoms. The van der Waals surface area contributed by atoms with Gasteiger partial charge in [0.15, 0.2) is 0 Å². The van der Waals surface area contributed by atoms with E-state index < -0.39 is 11.9 Å². The molecule has 0 spiro atoms. The van der Waals surface area contributed by atoms with E-state index >= 15 is 0 Å². The Morgan fingerprint density at radius 1 is 0.957 bits per heavy atom. The molecule has 120 valence electrons. The zero-order valence-corrected chi connectivity index (χ0v) is 12.0. The van der Waals surface area contributed by atoms with Gasteiger partial charge in [0.2, 0.25) is 5.91 Å². The van der Waals surface area contributed by atoms with Crippen molar-refractivity contribution in [1.82, 2.24) is 0 Å². The molecule has 5 N–H and O–H groups in total. The van der Waals surface area contributed by atoms with Gasteiger partial charge in [-0.25, -0.2) is 4.79 Å². The summed E-state index contributed by atoms with van der Waals surface area (Å²) in [4.78, 5) is 23.0. The van der Waals surface area contributed by atoms with E-state index in [0.717, 1.165) is 6.07 Å². The first-order valence-corrected chi connectivity index (χ1v) is 6.74. The fraction of sp³-hybridized carbons (Fsp3) is 0.125. The summed E-state index contributed by atoms with van der Waals surface area (Å²) >= 11 is 0. The van der Waals surface area contributed by atoms with Gasteiger partial charge in [0.05, 0.1) is 11.3 Å². The molecule has 0 aliphatic rings. The van der Waals surface area contributed by atoms with E-state index in [4.69, 9.17) is 5.11 Å². The van der Waals surface area contributed by atoms with E-state index in [2.05, 4.69) is 5.32 Å². The fourth-order valence-electron chi connectivity index (χ4n) is 2.04. The first kappa shape index (κ1) is 16.2. The number of carbonyl (C=O) groups excluding carboxylic acids is 1. The van der Waals surface area contributed by atoms with Crippen molar-refractivity contribution in [3.05, 3.63) is 47.5 Å². The van der Waals surface area contributed by atoms with Crippen molar-refractivity contribution in [1.29, 1.82) is 0 Å². The molecule has 2 aromatic carbocycles. The molecule has 7 heteroatoms. The monoisotopic (exact) mass is 317 g/mol. The van der Waals surface area contributed by atoms with E-state index in [-0.39, 0.29) is 41.3 Å². The van der Waals surface area contributed by atoms with Gasteiger partial charge in [0.25, 0.3) is 0 Å². The molecule has 0 radical (unpaired) electrons. The lowest BCUT2D eigenvalue weighted by atomic mass is 10.1. The van der Waals surface area contributed by atoms with Crippen molar-refractivity contribution in [3.8, 4) is 17.2 Å². The predicted octanol–water partition coefficient (Wildman–Crippen LogP) is 2.07. The Balaban J connectivity index is 2.04. The number of anilines is 1. The third kappa shape index (κ3) is 4.13. The van der Waals surface area contributed by atoms with Crippen LogP contribution in [0.3, 0.4) is 0 Å². The van der Waals surface area contributed by atoms with Crippen molar-refractivity contribution < 1.29 is 30.0 Å². The fourth-order valence-corrected chi connectivity index (χ4v) is 2.04. The Labute approximate surface area is 131 Å². The van der Waals surface area contributed by atoms with Crippen LogP contribution in [-0.2, 0) is 11.2 Å². The maximum absolute atomic E-state index is 11.9. The Bertz CT molecular complexity index is 756. The van der Waals surface area contributed by atoms with Crippen LogP contribution in [0.15, 0.2) is 36.4 Å². The third-order valence-corrected chi connectivity index (χ3v) is 3.20. The van der Waals surface area contributed by atoms with Crippen molar-refractivity contribution in [2.75, 3.05) is 5.32 Å². The zero-order valence-electron chi connectivity index (χ0n) is 12.0. The topological polar surface area (TPSA) is 127 Å². The smallest absolute Gasteiger partial charge is 0.337 e. The average Bonchev–Trinajstić information content (AvgIpc) is 2.48. The van der Waals surface area contributed by atoms with Gasteiger partial charge in [0, 0.05) is 12.5 Å². The molecule has 7 nitrogen and oxygen atoms in total. The van der Waals surface area contributed by atoms with Crippen LogP contribution >= 0.6 is 0 Å². The minimum absolute atomic E-state index is 0.0122. The van der Waals surface area contributed by atoms with E-state index in [1.54, 1.807) is 0 Å². The highest BCUT2D eigenvalue weighted by Gasteiger charge is 2.14. The number of hydrogen-bond donors (Lipinski definition) is 5. The van der Waals surface area contributed by atoms with E-state index in [0.29, 0.717) is 5.56 Å². The van der Waals surface area contributed by atoms with Crippen LogP contribution in [0.2, 0.25) is 0 Å². The van der Waals surface area contributed by atoms with Gasteiger partial charge < -0.3 is 25.7 Å². The van der Waals surface area contributed by atoms with Crippen LogP contribution in [0.4, 0.5) is 5.69 Å². The number of carboxylic acids is 1. The molecular formula is C16H15NO6. The highest BCUT2D eigenvalue weighted by atomic mass is 16.4. The number of amides is 1. The van der Waals surface area contributed by atoms with Gasteiger partial charge in [-0.1, -0.05) is 6.07 Å². The number of benzene rings is 2. The number of nitrogens with one attached hydrogen (secondary N) is 1.